The van der Waals surface area contributed by atoms with Crippen LogP contribution in [0.25, 0.3) is 0 Å². The third kappa shape index (κ3) is 3.53. The molecule has 0 spiro atoms. The summed E-state index contributed by atoms with van der Waals surface area (Å²) in [6.45, 7) is 0.621. The smallest absolute Gasteiger partial charge is 0.236 e. The van der Waals surface area contributed by atoms with Crippen molar-refractivity contribution < 1.29 is 18.0 Å². The molecular formula is C8H17NO4S. The van der Waals surface area contributed by atoms with Crippen LogP contribution < -0.4 is 4.89 Å². The molecule has 84 valence electrons. The first kappa shape index (κ1) is 11.9. The summed E-state index contributed by atoms with van der Waals surface area (Å²) in [5, 5.41) is -0.273. The average Bonchev–Trinajstić information content (AvgIpc) is 2.65. The summed E-state index contributed by atoms with van der Waals surface area (Å²) < 4.78 is 27.8. The van der Waals surface area contributed by atoms with E-state index in [0.29, 0.717) is 6.61 Å². The van der Waals surface area contributed by atoms with Gasteiger partial charge in [-0.15, -0.1) is 0 Å². The van der Waals surface area contributed by atoms with Crippen LogP contribution in [0.5, 0.6) is 0 Å². The summed E-state index contributed by atoms with van der Waals surface area (Å²) in [6.07, 6.45) is 3.46. The number of hydrogen-bond acceptors (Lipinski definition) is 4. The molecule has 0 amide bonds. The molecule has 0 aliphatic heterocycles. The Kier molecular flexibility index (Phi) is 4.80. The first-order chi connectivity index (χ1) is 6.67. The molecule has 0 aromatic rings. The van der Waals surface area contributed by atoms with Gasteiger partial charge in [0.05, 0.1) is 18.5 Å². The van der Waals surface area contributed by atoms with Gasteiger partial charge in [-0.05, 0) is 12.8 Å². The zero-order valence-electron chi connectivity index (χ0n) is 8.36. The highest BCUT2D eigenvalue weighted by Crippen LogP contribution is 2.23. The molecule has 0 radical (unpaired) electrons. The monoisotopic (exact) mass is 223 g/mol. The molecule has 0 unspecified atom stereocenters. The minimum atomic E-state index is -3.27. The maximum Gasteiger partial charge on any atom is 0.236 e. The van der Waals surface area contributed by atoms with Gasteiger partial charge in [-0.3, -0.25) is 4.84 Å². The Hall–Kier alpha value is -0.170. The van der Waals surface area contributed by atoms with Gasteiger partial charge in [0, 0.05) is 7.11 Å². The van der Waals surface area contributed by atoms with Crippen LogP contribution in [-0.2, 0) is 19.6 Å². The van der Waals surface area contributed by atoms with Gasteiger partial charge in [0.15, 0.2) is 0 Å². The zero-order chi connectivity index (χ0) is 10.4. The normalized spacial score (nSPS) is 18.9. The molecule has 0 aromatic heterocycles. The number of sulfonamides is 1. The van der Waals surface area contributed by atoms with Crippen LogP contribution in [0, 0.1) is 0 Å². The SMILES string of the molecule is COCCONS(=O)(=O)C1CCCC1. The Morgan fingerprint density at radius 1 is 1.29 bits per heavy atom. The van der Waals surface area contributed by atoms with Crippen molar-refractivity contribution in [1.29, 1.82) is 0 Å². The Balaban J connectivity index is 2.26. The molecular weight excluding hydrogens is 206 g/mol. The van der Waals surface area contributed by atoms with Crippen LogP contribution >= 0.6 is 0 Å². The zero-order valence-corrected chi connectivity index (χ0v) is 9.18. The van der Waals surface area contributed by atoms with E-state index in [4.69, 9.17) is 9.57 Å². The maximum absolute atomic E-state index is 11.5. The van der Waals surface area contributed by atoms with Crippen molar-refractivity contribution in [3.05, 3.63) is 0 Å². The lowest BCUT2D eigenvalue weighted by Crippen LogP contribution is -2.33. The predicted molar refractivity (Wildman–Crippen MR) is 52.1 cm³/mol. The second-order valence-corrected chi connectivity index (χ2v) is 5.30. The minimum absolute atomic E-state index is 0.239. The van der Waals surface area contributed by atoms with Gasteiger partial charge < -0.3 is 4.74 Å². The van der Waals surface area contributed by atoms with Crippen molar-refractivity contribution in [2.75, 3.05) is 20.3 Å². The molecule has 1 N–H and O–H groups in total. The maximum atomic E-state index is 11.5. The van der Waals surface area contributed by atoms with Crippen molar-refractivity contribution in [1.82, 2.24) is 4.89 Å². The van der Waals surface area contributed by atoms with Crippen molar-refractivity contribution in [2.45, 2.75) is 30.9 Å². The van der Waals surface area contributed by atoms with Gasteiger partial charge in [0.1, 0.15) is 0 Å². The highest BCUT2D eigenvalue weighted by atomic mass is 32.2. The fraction of sp³-hybridized carbons (Fsp3) is 1.00. The lowest BCUT2D eigenvalue weighted by atomic mass is 10.4. The van der Waals surface area contributed by atoms with E-state index < -0.39 is 10.0 Å². The van der Waals surface area contributed by atoms with Crippen LogP contribution in [0.4, 0.5) is 0 Å². The predicted octanol–water partition coefficient (Wildman–Crippen LogP) is 0.426. The van der Waals surface area contributed by atoms with Crippen molar-refractivity contribution in [2.24, 2.45) is 0 Å². The van der Waals surface area contributed by atoms with Gasteiger partial charge in [0.25, 0.3) is 0 Å². The van der Waals surface area contributed by atoms with Crippen LogP contribution in [-0.4, -0.2) is 34.0 Å². The van der Waals surface area contributed by atoms with E-state index in [0.717, 1.165) is 25.7 Å². The fourth-order valence-electron chi connectivity index (χ4n) is 1.52. The molecule has 1 saturated carbocycles. The fourth-order valence-corrected chi connectivity index (χ4v) is 2.85. The van der Waals surface area contributed by atoms with E-state index in [2.05, 4.69) is 4.89 Å². The number of nitrogens with one attached hydrogen (secondary N) is 1. The van der Waals surface area contributed by atoms with Crippen molar-refractivity contribution >= 4 is 10.0 Å². The van der Waals surface area contributed by atoms with Gasteiger partial charge in [-0.1, -0.05) is 17.7 Å². The molecule has 1 aliphatic rings. The first-order valence-electron chi connectivity index (χ1n) is 4.78. The van der Waals surface area contributed by atoms with Gasteiger partial charge in [0.2, 0.25) is 10.0 Å². The Morgan fingerprint density at radius 2 is 1.93 bits per heavy atom. The van der Waals surface area contributed by atoms with Crippen LogP contribution in [0.3, 0.4) is 0 Å². The molecule has 1 aliphatic carbocycles. The highest BCUT2D eigenvalue weighted by Gasteiger charge is 2.28. The summed E-state index contributed by atoms with van der Waals surface area (Å²) in [5.74, 6) is 0. The molecule has 0 bridgehead atoms. The molecule has 0 heterocycles. The van der Waals surface area contributed by atoms with E-state index >= 15 is 0 Å². The number of ether oxygens (including phenoxy) is 1. The Bertz CT molecular complexity index is 246. The van der Waals surface area contributed by atoms with E-state index in [9.17, 15) is 8.42 Å². The second-order valence-electron chi connectivity index (χ2n) is 3.38. The lowest BCUT2D eigenvalue weighted by Gasteiger charge is -2.11. The molecule has 6 heteroatoms. The van der Waals surface area contributed by atoms with Gasteiger partial charge in [-0.25, -0.2) is 8.42 Å². The molecule has 0 aromatic carbocycles. The van der Waals surface area contributed by atoms with Gasteiger partial charge in [-0.2, -0.15) is 0 Å². The summed E-state index contributed by atoms with van der Waals surface area (Å²) in [4.78, 5) is 6.92. The number of rotatable bonds is 6. The van der Waals surface area contributed by atoms with Crippen LogP contribution in [0.15, 0.2) is 0 Å². The molecule has 1 rings (SSSR count). The van der Waals surface area contributed by atoms with Crippen molar-refractivity contribution in [3.63, 3.8) is 0 Å². The van der Waals surface area contributed by atoms with E-state index in [1.165, 1.54) is 7.11 Å². The third-order valence-electron chi connectivity index (χ3n) is 2.31. The quantitative estimate of drug-likeness (QED) is 0.524. The molecule has 0 atom stereocenters. The average molecular weight is 223 g/mol. The first-order valence-corrected chi connectivity index (χ1v) is 6.33. The van der Waals surface area contributed by atoms with E-state index in [-0.39, 0.29) is 11.9 Å². The number of hydrogen-bond donors (Lipinski definition) is 1. The Morgan fingerprint density at radius 3 is 2.50 bits per heavy atom. The number of methoxy groups -OCH3 is 1. The second kappa shape index (κ2) is 5.65. The molecule has 14 heavy (non-hydrogen) atoms. The summed E-state index contributed by atoms with van der Waals surface area (Å²) in [5.41, 5.74) is 0. The highest BCUT2D eigenvalue weighted by molar-refractivity contribution is 7.90. The van der Waals surface area contributed by atoms with Gasteiger partial charge >= 0.3 is 0 Å². The standard InChI is InChI=1S/C8H17NO4S/c1-12-6-7-13-9-14(10,11)8-4-2-3-5-8/h8-9H,2-7H2,1H3. The lowest BCUT2D eigenvalue weighted by molar-refractivity contribution is 0.0434. The molecule has 5 nitrogen and oxygen atoms in total. The topological polar surface area (TPSA) is 64.6 Å². The molecule has 1 fully saturated rings. The van der Waals surface area contributed by atoms with Crippen LogP contribution in [0.1, 0.15) is 25.7 Å². The van der Waals surface area contributed by atoms with Crippen molar-refractivity contribution in [3.8, 4) is 0 Å². The van der Waals surface area contributed by atoms with E-state index in [1.807, 2.05) is 0 Å². The van der Waals surface area contributed by atoms with Crippen LogP contribution in [0.2, 0.25) is 0 Å². The molecule has 0 saturated heterocycles. The third-order valence-corrected chi connectivity index (χ3v) is 4.00. The Labute approximate surface area is 84.8 Å². The minimum Gasteiger partial charge on any atom is -0.382 e. The summed E-state index contributed by atoms with van der Waals surface area (Å²) in [7, 11) is -1.73. The largest absolute Gasteiger partial charge is 0.382 e. The summed E-state index contributed by atoms with van der Waals surface area (Å²) >= 11 is 0. The van der Waals surface area contributed by atoms with E-state index in [1.54, 1.807) is 0 Å². The summed E-state index contributed by atoms with van der Waals surface area (Å²) in [6, 6.07) is 0.